The lowest BCUT2D eigenvalue weighted by atomic mass is 10.2. The van der Waals surface area contributed by atoms with Crippen LogP contribution in [-0.4, -0.2) is 22.2 Å². The van der Waals surface area contributed by atoms with Crippen LogP contribution in [0.1, 0.15) is 13.3 Å². The zero-order valence-electron chi connectivity index (χ0n) is 9.77. The number of aryl methyl sites for hydroxylation is 1. The zero-order valence-corrected chi connectivity index (χ0v) is 9.77. The molecular formula is C12H12F2N2O2. The van der Waals surface area contributed by atoms with E-state index >= 15 is 0 Å². The number of alkyl halides is 2. The molecule has 0 aliphatic heterocycles. The van der Waals surface area contributed by atoms with Gasteiger partial charge in [0.15, 0.2) is 0 Å². The lowest BCUT2D eigenvalue weighted by molar-refractivity contribution is -0.117. The van der Waals surface area contributed by atoms with E-state index < -0.39 is 6.61 Å². The van der Waals surface area contributed by atoms with E-state index in [0.717, 1.165) is 5.52 Å². The third-order valence-corrected chi connectivity index (χ3v) is 2.51. The van der Waals surface area contributed by atoms with E-state index in [9.17, 15) is 13.6 Å². The fourth-order valence-corrected chi connectivity index (χ4v) is 1.68. The quantitative estimate of drug-likeness (QED) is 0.823. The highest BCUT2D eigenvalue weighted by Crippen LogP contribution is 2.22. The molecule has 2 aromatic rings. The Morgan fingerprint density at radius 2 is 2.28 bits per heavy atom. The van der Waals surface area contributed by atoms with E-state index in [1.807, 2.05) is 0 Å². The van der Waals surface area contributed by atoms with Crippen LogP contribution in [0.5, 0.6) is 5.75 Å². The van der Waals surface area contributed by atoms with Crippen LogP contribution in [0.2, 0.25) is 0 Å². The van der Waals surface area contributed by atoms with Gasteiger partial charge in [0, 0.05) is 18.4 Å². The molecule has 0 amide bonds. The zero-order chi connectivity index (χ0) is 13.1. The van der Waals surface area contributed by atoms with Crippen molar-refractivity contribution in [3.63, 3.8) is 0 Å². The number of fused-ring (bicyclic) bond motifs is 1. The molecule has 0 spiro atoms. The third kappa shape index (κ3) is 2.82. The second kappa shape index (κ2) is 5.12. The first-order valence-electron chi connectivity index (χ1n) is 5.46. The van der Waals surface area contributed by atoms with Gasteiger partial charge in [0.25, 0.3) is 0 Å². The van der Waals surface area contributed by atoms with E-state index in [2.05, 4.69) is 9.84 Å². The molecule has 0 bridgehead atoms. The largest absolute Gasteiger partial charge is 0.435 e. The number of nitrogens with zero attached hydrogens (tertiary/aromatic N) is 2. The molecule has 4 nitrogen and oxygen atoms in total. The van der Waals surface area contributed by atoms with Crippen LogP contribution in [0.25, 0.3) is 10.9 Å². The smallest absolute Gasteiger partial charge is 0.387 e. The van der Waals surface area contributed by atoms with E-state index in [-0.39, 0.29) is 11.5 Å². The van der Waals surface area contributed by atoms with Crippen LogP contribution in [-0.2, 0) is 11.3 Å². The van der Waals surface area contributed by atoms with Gasteiger partial charge in [-0.15, -0.1) is 0 Å². The highest BCUT2D eigenvalue weighted by Gasteiger charge is 2.08. The summed E-state index contributed by atoms with van der Waals surface area (Å²) in [6.07, 6.45) is 1.96. The number of hydrogen-bond acceptors (Lipinski definition) is 3. The van der Waals surface area contributed by atoms with Crippen molar-refractivity contribution in [1.82, 2.24) is 9.78 Å². The van der Waals surface area contributed by atoms with E-state index in [4.69, 9.17) is 0 Å². The molecule has 0 N–H and O–H groups in total. The number of rotatable bonds is 5. The fraction of sp³-hybridized carbons (Fsp3) is 0.333. The summed E-state index contributed by atoms with van der Waals surface area (Å²) >= 11 is 0. The van der Waals surface area contributed by atoms with Gasteiger partial charge >= 0.3 is 6.61 Å². The predicted octanol–water partition coefficient (Wildman–Crippen LogP) is 2.62. The van der Waals surface area contributed by atoms with Crippen molar-refractivity contribution in [2.24, 2.45) is 0 Å². The van der Waals surface area contributed by atoms with Gasteiger partial charge in [-0.3, -0.25) is 9.48 Å². The summed E-state index contributed by atoms with van der Waals surface area (Å²) in [6.45, 7) is -0.844. The highest BCUT2D eigenvalue weighted by atomic mass is 19.3. The van der Waals surface area contributed by atoms with Crippen molar-refractivity contribution in [2.45, 2.75) is 26.5 Å². The summed E-state index contributed by atoms with van der Waals surface area (Å²) in [5, 5.41) is 4.81. The molecule has 0 saturated carbocycles. The van der Waals surface area contributed by atoms with Gasteiger partial charge in [0.05, 0.1) is 11.7 Å². The molecule has 96 valence electrons. The van der Waals surface area contributed by atoms with Gasteiger partial charge in [-0.2, -0.15) is 13.9 Å². The third-order valence-electron chi connectivity index (χ3n) is 2.51. The minimum atomic E-state index is -2.84. The first-order chi connectivity index (χ1) is 8.56. The Balaban J connectivity index is 2.23. The normalized spacial score (nSPS) is 11.1. The Kier molecular flexibility index (Phi) is 3.55. The minimum Gasteiger partial charge on any atom is -0.435 e. The Labute approximate surface area is 102 Å². The van der Waals surface area contributed by atoms with Crippen molar-refractivity contribution in [2.75, 3.05) is 0 Å². The van der Waals surface area contributed by atoms with Gasteiger partial charge in [-0.25, -0.2) is 0 Å². The number of carbonyl (C=O) groups excluding carboxylic acids is 1. The summed E-state index contributed by atoms with van der Waals surface area (Å²) < 4.78 is 30.1. The average Bonchev–Trinajstić information content (AvgIpc) is 2.68. The van der Waals surface area contributed by atoms with Gasteiger partial charge in [0.1, 0.15) is 11.5 Å². The average molecular weight is 254 g/mol. The van der Waals surface area contributed by atoms with Crippen molar-refractivity contribution < 1.29 is 18.3 Å². The van der Waals surface area contributed by atoms with Crippen molar-refractivity contribution in [3.05, 3.63) is 24.4 Å². The molecule has 0 radical (unpaired) electrons. The molecule has 1 heterocycles. The van der Waals surface area contributed by atoms with Crippen LogP contribution in [0, 0.1) is 0 Å². The summed E-state index contributed by atoms with van der Waals surface area (Å²) in [5.74, 6) is 0.180. The van der Waals surface area contributed by atoms with Gasteiger partial charge < -0.3 is 4.74 Å². The van der Waals surface area contributed by atoms with Gasteiger partial charge in [0.2, 0.25) is 0 Å². The number of hydrogen-bond donors (Lipinski definition) is 0. The maximum absolute atomic E-state index is 12.1. The molecule has 0 aliphatic carbocycles. The SMILES string of the molecule is CC(=O)CCn1ncc2cc(OC(F)F)ccc21. The van der Waals surface area contributed by atoms with Gasteiger partial charge in [-0.1, -0.05) is 0 Å². The number of ketones is 1. The maximum atomic E-state index is 12.1. The predicted molar refractivity (Wildman–Crippen MR) is 61.7 cm³/mol. The van der Waals surface area contributed by atoms with E-state index in [1.54, 1.807) is 16.9 Å². The fourth-order valence-electron chi connectivity index (χ4n) is 1.68. The van der Waals surface area contributed by atoms with E-state index in [1.165, 1.54) is 19.1 Å². The molecule has 1 aromatic carbocycles. The van der Waals surface area contributed by atoms with Crippen molar-refractivity contribution in [3.8, 4) is 5.75 Å². The molecule has 0 atom stereocenters. The van der Waals surface area contributed by atoms with Crippen molar-refractivity contribution >= 4 is 16.7 Å². The lowest BCUT2D eigenvalue weighted by Gasteiger charge is -2.05. The maximum Gasteiger partial charge on any atom is 0.387 e. The summed E-state index contributed by atoms with van der Waals surface area (Å²) in [6, 6.07) is 4.61. The topological polar surface area (TPSA) is 44.1 Å². The molecule has 1 aromatic heterocycles. The number of benzene rings is 1. The summed E-state index contributed by atoms with van der Waals surface area (Å²) in [7, 11) is 0. The van der Waals surface area contributed by atoms with E-state index in [0.29, 0.717) is 18.4 Å². The number of Topliss-reactive ketones (excluding diaryl/α,β-unsaturated/α-hetero) is 1. The number of ether oxygens (including phenoxy) is 1. The standard InChI is InChI=1S/C12H12F2N2O2/c1-8(17)4-5-16-11-3-2-10(18-12(13)14)6-9(11)7-15-16/h2-3,6-7,12H,4-5H2,1H3. The van der Waals surface area contributed by atoms with Crippen molar-refractivity contribution in [1.29, 1.82) is 0 Å². The molecule has 0 fully saturated rings. The molecule has 0 aliphatic rings. The van der Waals surface area contributed by atoms with Gasteiger partial charge in [-0.05, 0) is 25.1 Å². The van der Waals surface area contributed by atoms with Crippen LogP contribution < -0.4 is 4.74 Å². The molecular weight excluding hydrogens is 242 g/mol. The summed E-state index contributed by atoms with van der Waals surface area (Å²) in [4.78, 5) is 10.9. The summed E-state index contributed by atoms with van der Waals surface area (Å²) in [5.41, 5.74) is 0.790. The highest BCUT2D eigenvalue weighted by molar-refractivity contribution is 5.80. The first-order valence-corrected chi connectivity index (χ1v) is 5.46. The van der Waals surface area contributed by atoms with Crippen LogP contribution in [0.3, 0.4) is 0 Å². The second-order valence-electron chi connectivity index (χ2n) is 3.92. The minimum absolute atomic E-state index is 0.0799. The molecule has 0 unspecified atom stereocenters. The molecule has 18 heavy (non-hydrogen) atoms. The Morgan fingerprint density at radius 3 is 2.94 bits per heavy atom. The second-order valence-corrected chi connectivity index (χ2v) is 3.92. The molecule has 2 rings (SSSR count). The lowest BCUT2D eigenvalue weighted by Crippen LogP contribution is -2.04. The monoisotopic (exact) mass is 254 g/mol. The molecule has 0 saturated heterocycles. The van der Waals surface area contributed by atoms with Crippen LogP contribution in [0.15, 0.2) is 24.4 Å². The number of carbonyl (C=O) groups is 1. The number of aromatic nitrogens is 2. The first kappa shape index (κ1) is 12.5. The molecule has 6 heteroatoms. The Hall–Kier alpha value is -1.98. The number of halogens is 2. The van der Waals surface area contributed by atoms with Crippen LogP contribution >= 0.6 is 0 Å². The Bertz CT molecular complexity index is 566. The van der Waals surface area contributed by atoms with Crippen LogP contribution in [0.4, 0.5) is 8.78 Å². The Morgan fingerprint density at radius 1 is 1.50 bits per heavy atom.